The molecule has 0 amide bonds. The van der Waals surface area contributed by atoms with E-state index in [9.17, 15) is 0 Å². The zero-order chi connectivity index (χ0) is 42.3. The molecule has 0 aliphatic heterocycles. The Morgan fingerprint density at radius 3 is 1.79 bits per heavy atom. The second kappa shape index (κ2) is 19.4. The number of nitrogens with zero attached hydrogens (tertiary/aromatic N) is 11. The first kappa shape index (κ1) is 42.1. The third-order valence-corrected chi connectivity index (χ3v) is 12.7. The van der Waals surface area contributed by atoms with Crippen molar-refractivity contribution in [2.45, 2.75) is 84.2 Å². The summed E-state index contributed by atoms with van der Waals surface area (Å²) in [5.74, 6) is 5.99. The number of anilines is 2. The van der Waals surface area contributed by atoms with Crippen LogP contribution in [0.1, 0.15) is 78.9 Å². The summed E-state index contributed by atoms with van der Waals surface area (Å²) in [6, 6.07) is 22.5. The number of rotatable bonds is 16. The van der Waals surface area contributed by atoms with Crippen molar-refractivity contribution in [3.63, 3.8) is 0 Å². The summed E-state index contributed by atoms with van der Waals surface area (Å²) in [5, 5.41) is 23.6. The predicted octanol–water partition coefficient (Wildman–Crippen LogP) is 8.99. The lowest BCUT2D eigenvalue weighted by Crippen LogP contribution is -2.16. The molecule has 61 heavy (non-hydrogen) atoms. The van der Waals surface area contributed by atoms with Crippen molar-refractivity contribution in [2.75, 3.05) is 22.8 Å². The van der Waals surface area contributed by atoms with Crippen LogP contribution in [0.3, 0.4) is 0 Å². The molecule has 314 valence electrons. The number of hydrogen-bond donors (Lipinski definition) is 1. The Labute approximate surface area is 368 Å². The minimum atomic E-state index is 0.466. The summed E-state index contributed by atoms with van der Waals surface area (Å²) < 4.78 is 14.2. The van der Waals surface area contributed by atoms with Crippen molar-refractivity contribution in [3.05, 3.63) is 133 Å². The van der Waals surface area contributed by atoms with Crippen LogP contribution in [-0.2, 0) is 13.1 Å². The van der Waals surface area contributed by atoms with Gasteiger partial charge in [0.05, 0.1) is 26.3 Å². The Bertz CT molecular complexity index is 2520. The fourth-order valence-electron chi connectivity index (χ4n) is 6.67. The molecule has 1 N–H and O–H groups in total. The Kier molecular flexibility index (Phi) is 13.4. The zero-order valence-corrected chi connectivity index (χ0v) is 37.5. The lowest BCUT2D eigenvalue weighted by Gasteiger charge is -2.22. The molecule has 2 saturated carbocycles. The molecular weight excluding hydrogens is 825 g/mol. The third-order valence-electron chi connectivity index (χ3n) is 10.0. The van der Waals surface area contributed by atoms with Gasteiger partial charge in [0.2, 0.25) is 11.8 Å². The van der Waals surface area contributed by atoms with Gasteiger partial charge in [0.1, 0.15) is 43.3 Å². The standard InChI is InChI=1S/C25H26N6OS2.C19H22N6OS/c1-16-9-10-22(26-13-16)21-11-19(21)15-32-24-12-23(27-17(2)28-24)31(14-25-30-29-18(3)33-25)34-20-7-5-4-6-8-20;1-11-4-5-16(20-8-11)15-6-14(15)10-26-18-7-17(22-12(2)23-18)21-9-19-25-24-13(3)27-19/h4-10,12-13,19,21H,11,14-15H2,1-3H3;4-5,7-8,14-15H,6,9-10H2,1-3H3,(H,21,22,23)/t19-,21+;14-,15+/m11/s1. The van der Waals surface area contributed by atoms with E-state index in [-0.39, 0.29) is 0 Å². The minimum Gasteiger partial charge on any atom is -0.477 e. The molecule has 6 aromatic heterocycles. The molecule has 6 heterocycles. The maximum atomic E-state index is 6.14. The normalized spacial score (nSPS) is 17.5. The number of hydrogen-bond acceptors (Lipinski definition) is 17. The Hall–Kier alpha value is -5.65. The SMILES string of the molecule is Cc1ccc([C@H]2C[C@@H]2COc2cc(N(Cc3nnc(C)s3)Sc3ccccc3)nc(C)n2)nc1.Cc1ccc([C@H]2C[C@@H]2COc2cc(NCc3nnc(C)s3)nc(C)n2)nc1. The van der Waals surface area contributed by atoms with E-state index in [1.165, 1.54) is 11.1 Å². The Balaban J connectivity index is 0.000000173. The van der Waals surface area contributed by atoms with Crippen LogP contribution in [0.15, 0.2) is 84.0 Å². The molecule has 0 saturated heterocycles. The summed E-state index contributed by atoms with van der Waals surface area (Å²) in [6.45, 7) is 14.2. The van der Waals surface area contributed by atoms with Gasteiger partial charge >= 0.3 is 0 Å². The fraction of sp³-hybridized carbons (Fsp3) is 0.364. The predicted molar refractivity (Wildman–Crippen MR) is 239 cm³/mol. The van der Waals surface area contributed by atoms with Crippen LogP contribution in [0, 0.1) is 53.4 Å². The van der Waals surface area contributed by atoms with E-state index in [1.54, 1.807) is 34.6 Å². The van der Waals surface area contributed by atoms with E-state index in [2.05, 4.69) is 105 Å². The second-order valence-corrected chi connectivity index (χ2v) is 18.9. The topological polar surface area (TPSA) is 163 Å². The number of pyridine rings is 2. The van der Waals surface area contributed by atoms with Crippen molar-refractivity contribution >= 4 is 46.3 Å². The quantitative estimate of drug-likeness (QED) is 0.0915. The summed E-state index contributed by atoms with van der Waals surface area (Å²) in [5.41, 5.74) is 4.68. The average molecular weight is 873 g/mol. The van der Waals surface area contributed by atoms with Gasteiger partial charge in [-0.1, -0.05) is 53.0 Å². The van der Waals surface area contributed by atoms with Crippen LogP contribution < -0.4 is 19.1 Å². The molecule has 0 radical (unpaired) electrons. The molecule has 4 atom stereocenters. The van der Waals surface area contributed by atoms with Crippen molar-refractivity contribution in [1.82, 2.24) is 50.3 Å². The molecule has 7 aromatic rings. The highest BCUT2D eigenvalue weighted by Crippen LogP contribution is 2.47. The van der Waals surface area contributed by atoms with Crippen LogP contribution in [-0.4, -0.2) is 63.5 Å². The molecule has 14 nitrogen and oxygen atoms in total. The highest BCUT2D eigenvalue weighted by Gasteiger charge is 2.41. The molecule has 2 fully saturated rings. The Morgan fingerprint density at radius 2 is 1.23 bits per heavy atom. The smallest absolute Gasteiger partial charge is 0.218 e. The molecular formula is C44H48N12O2S3. The first-order valence-electron chi connectivity index (χ1n) is 20.2. The fourth-order valence-corrected chi connectivity index (χ4v) is 9.01. The first-order valence-corrected chi connectivity index (χ1v) is 22.7. The van der Waals surface area contributed by atoms with Crippen LogP contribution in [0.25, 0.3) is 0 Å². The highest BCUT2D eigenvalue weighted by atomic mass is 32.2. The monoisotopic (exact) mass is 872 g/mol. The van der Waals surface area contributed by atoms with E-state index in [1.807, 2.05) is 70.4 Å². The molecule has 0 bridgehead atoms. The van der Waals surface area contributed by atoms with Crippen LogP contribution in [0.5, 0.6) is 11.8 Å². The average Bonchev–Trinajstić information content (AvgIpc) is 4.13. The Morgan fingerprint density at radius 1 is 0.656 bits per heavy atom. The highest BCUT2D eigenvalue weighted by molar-refractivity contribution is 8.00. The van der Waals surface area contributed by atoms with E-state index >= 15 is 0 Å². The molecule has 2 aliphatic carbocycles. The summed E-state index contributed by atoms with van der Waals surface area (Å²) in [6.07, 6.45) is 6.07. The van der Waals surface area contributed by atoms with Crippen LogP contribution in [0.2, 0.25) is 0 Å². The minimum absolute atomic E-state index is 0.466. The molecule has 17 heteroatoms. The zero-order valence-electron chi connectivity index (χ0n) is 35.0. The van der Waals surface area contributed by atoms with Gasteiger partial charge in [-0.2, -0.15) is 9.97 Å². The summed E-state index contributed by atoms with van der Waals surface area (Å²) in [4.78, 5) is 28.3. The third kappa shape index (κ3) is 12.0. The summed E-state index contributed by atoms with van der Waals surface area (Å²) >= 11 is 4.78. The molecule has 2 aliphatic rings. The van der Waals surface area contributed by atoms with Gasteiger partial charge in [-0.05, 0) is 102 Å². The van der Waals surface area contributed by atoms with Crippen molar-refractivity contribution in [2.24, 2.45) is 11.8 Å². The number of nitrogens with one attached hydrogen (secondary N) is 1. The lowest BCUT2D eigenvalue weighted by molar-refractivity contribution is 0.284. The van der Waals surface area contributed by atoms with Gasteiger partial charge in [0.25, 0.3) is 0 Å². The van der Waals surface area contributed by atoms with Crippen molar-refractivity contribution < 1.29 is 9.47 Å². The van der Waals surface area contributed by atoms with Gasteiger partial charge in [0, 0.05) is 64.5 Å². The molecule has 0 spiro atoms. The van der Waals surface area contributed by atoms with Crippen LogP contribution >= 0.6 is 34.6 Å². The van der Waals surface area contributed by atoms with E-state index in [4.69, 9.17) is 14.5 Å². The van der Waals surface area contributed by atoms with Gasteiger partial charge < -0.3 is 14.8 Å². The molecule has 9 rings (SSSR count). The van der Waals surface area contributed by atoms with Crippen molar-refractivity contribution in [1.29, 1.82) is 0 Å². The molecule has 1 aromatic carbocycles. The van der Waals surface area contributed by atoms with E-state index in [0.717, 1.165) is 60.8 Å². The van der Waals surface area contributed by atoms with Gasteiger partial charge in [0.15, 0.2) is 0 Å². The van der Waals surface area contributed by atoms with Gasteiger partial charge in [-0.15, -0.1) is 20.4 Å². The van der Waals surface area contributed by atoms with Gasteiger partial charge in [-0.3, -0.25) is 14.3 Å². The largest absolute Gasteiger partial charge is 0.477 e. The van der Waals surface area contributed by atoms with Crippen LogP contribution in [0.4, 0.5) is 11.6 Å². The second-order valence-electron chi connectivity index (χ2n) is 15.3. The first-order chi connectivity index (χ1) is 29.6. The number of ether oxygens (including phenoxy) is 2. The number of aromatic nitrogens is 10. The molecule has 0 unspecified atom stereocenters. The van der Waals surface area contributed by atoms with E-state index in [0.29, 0.717) is 73.4 Å². The number of benzene rings is 1. The van der Waals surface area contributed by atoms with Crippen molar-refractivity contribution in [3.8, 4) is 11.8 Å². The van der Waals surface area contributed by atoms with Gasteiger partial charge in [-0.25, -0.2) is 9.97 Å². The maximum Gasteiger partial charge on any atom is 0.218 e. The summed E-state index contributed by atoms with van der Waals surface area (Å²) in [7, 11) is 0. The maximum absolute atomic E-state index is 6.14. The number of aryl methyl sites for hydroxylation is 6. The van der Waals surface area contributed by atoms with E-state index < -0.39 is 0 Å². The lowest BCUT2D eigenvalue weighted by atomic mass is 10.2.